The van der Waals surface area contributed by atoms with Crippen LogP contribution in [-0.2, 0) is 10.0 Å². The van der Waals surface area contributed by atoms with Gasteiger partial charge in [0.05, 0.1) is 26.6 Å². The fourth-order valence-electron chi connectivity index (χ4n) is 3.37. The minimum atomic E-state index is -3.49. The molecule has 1 aromatic rings. The van der Waals surface area contributed by atoms with Gasteiger partial charge in [-0.05, 0) is 30.4 Å². The van der Waals surface area contributed by atoms with E-state index >= 15 is 0 Å². The summed E-state index contributed by atoms with van der Waals surface area (Å²) in [5, 5.41) is 19.2. The number of hydrogen-bond donors (Lipinski definition) is 2. The summed E-state index contributed by atoms with van der Waals surface area (Å²) in [7, 11) is -1.89. The number of hydrogen-bond acceptors (Lipinski definition) is 5. The molecule has 0 spiro atoms. The number of sulfonamides is 1. The number of benzene rings is 1. The number of methoxy groups -OCH3 is 1. The summed E-state index contributed by atoms with van der Waals surface area (Å²) in [4.78, 5) is 0. The maximum absolute atomic E-state index is 12.0. The molecule has 0 bridgehead atoms. The van der Waals surface area contributed by atoms with Crippen LogP contribution in [0.2, 0.25) is 0 Å². The van der Waals surface area contributed by atoms with E-state index in [1.54, 1.807) is 7.11 Å². The fourth-order valence-corrected chi connectivity index (χ4v) is 4.76. The van der Waals surface area contributed by atoms with Gasteiger partial charge in [-0.3, -0.25) is 0 Å². The lowest BCUT2D eigenvalue weighted by molar-refractivity contribution is 0.0715. The highest BCUT2D eigenvalue weighted by Crippen LogP contribution is 2.39. The Morgan fingerprint density at radius 1 is 1.18 bits per heavy atom. The minimum Gasteiger partial charge on any atom is -0.496 e. The van der Waals surface area contributed by atoms with E-state index in [-0.39, 0.29) is 19.1 Å². The van der Waals surface area contributed by atoms with Gasteiger partial charge in [-0.2, -0.15) is 4.31 Å². The molecule has 0 aliphatic carbocycles. The second kappa shape index (κ2) is 6.95. The Bertz CT molecular complexity index is 590. The lowest BCUT2D eigenvalue weighted by Gasteiger charge is -2.42. The van der Waals surface area contributed by atoms with Gasteiger partial charge < -0.3 is 14.9 Å². The number of aliphatic hydroxyl groups excluding tert-OH is 2. The molecule has 1 aliphatic rings. The Hall–Kier alpha value is -1.15. The van der Waals surface area contributed by atoms with Gasteiger partial charge in [0.2, 0.25) is 10.0 Å². The first-order chi connectivity index (χ1) is 10.4. The van der Waals surface area contributed by atoms with Gasteiger partial charge >= 0.3 is 0 Å². The van der Waals surface area contributed by atoms with Gasteiger partial charge in [0, 0.05) is 12.1 Å². The molecule has 7 heteroatoms. The normalized spacial score (nSPS) is 26.8. The van der Waals surface area contributed by atoms with E-state index in [1.807, 2.05) is 24.3 Å². The van der Waals surface area contributed by atoms with Crippen molar-refractivity contribution in [1.82, 2.24) is 4.31 Å². The first kappa shape index (κ1) is 17.2. The Kier molecular flexibility index (Phi) is 5.44. The quantitative estimate of drug-likeness (QED) is 0.824. The predicted octanol–water partition coefficient (Wildman–Crippen LogP) is 0.556. The summed E-state index contributed by atoms with van der Waals surface area (Å²) in [5.74, 6) is 0.775. The molecule has 0 saturated carbocycles. The third-order valence-corrected chi connectivity index (χ3v) is 5.58. The molecule has 2 unspecified atom stereocenters. The van der Waals surface area contributed by atoms with E-state index in [0.717, 1.165) is 17.6 Å². The lowest BCUT2D eigenvalue weighted by Crippen LogP contribution is -2.54. The van der Waals surface area contributed by atoms with E-state index < -0.39 is 22.1 Å². The molecular formula is C15H23NO5S. The average Bonchev–Trinajstić information content (AvgIpc) is 2.52. The number of aliphatic hydroxyl groups is 2. The lowest BCUT2D eigenvalue weighted by atomic mass is 9.82. The molecule has 0 radical (unpaired) electrons. The van der Waals surface area contributed by atoms with E-state index in [4.69, 9.17) is 4.74 Å². The van der Waals surface area contributed by atoms with Crippen LogP contribution in [0.3, 0.4) is 0 Å². The number of para-hydroxylation sites is 1. The van der Waals surface area contributed by atoms with Crippen LogP contribution in [0, 0.1) is 0 Å². The van der Waals surface area contributed by atoms with Crippen LogP contribution in [0.25, 0.3) is 0 Å². The summed E-state index contributed by atoms with van der Waals surface area (Å²) in [6.45, 7) is -0.537. The second-order valence-corrected chi connectivity index (χ2v) is 7.56. The summed E-state index contributed by atoms with van der Waals surface area (Å²) in [5.41, 5.74) is 0.982. The van der Waals surface area contributed by atoms with Gasteiger partial charge in [-0.25, -0.2) is 8.42 Å². The van der Waals surface area contributed by atoms with E-state index in [0.29, 0.717) is 12.8 Å². The molecule has 1 aliphatic heterocycles. The third-order valence-electron chi connectivity index (χ3n) is 4.22. The molecule has 6 nitrogen and oxygen atoms in total. The van der Waals surface area contributed by atoms with Crippen molar-refractivity contribution in [3.63, 3.8) is 0 Å². The average molecular weight is 329 g/mol. The molecule has 1 fully saturated rings. The first-order valence-corrected chi connectivity index (χ1v) is 9.10. The maximum Gasteiger partial charge on any atom is 0.211 e. The van der Waals surface area contributed by atoms with Crippen LogP contribution in [0.1, 0.15) is 24.3 Å². The Labute approximate surface area is 131 Å². The largest absolute Gasteiger partial charge is 0.496 e. The predicted molar refractivity (Wildman–Crippen MR) is 83.4 cm³/mol. The topological polar surface area (TPSA) is 87.1 Å². The van der Waals surface area contributed by atoms with Gasteiger partial charge in [0.15, 0.2) is 0 Å². The number of ether oxygens (including phenoxy) is 1. The molecule has 1 heterocycles. The van der Waals surface area contributed by atoms with Crippen LogP contribution >= 0.6 is 0 Å². The van der Waals surface area contributed by atoms with Crippen molar-refractivity contribution in [2.75, 3.05) is 26.6 Å². The molecule has 2 rings (SSSR count). The standard InChI is InChI=1S/C15H23NO5S/c1-21-15-6-4-3-5-14(15)11-7-12(9-17)16(22(2,19)20)13(8-11)10-18/h3-6,11-13,17-18H,7-10H2,1-2H3. The fraction of sp³-hybridized carbons (Fsp3) is 0.600. The van der Waals surface area contributed by atoms with Gasteiger partial charge in [-0.1, -0.05) is 18.2 Å². The summed E-state index contributed by atoms with van der Waals surface area (Å²) in [6, 6.07) is 6.53. The van der Waals surface area contributed by atoms with Gasteiger partial charge in [0.1, 0.15) is 5.75 Å². The number of piperidine rings is 1. The van der Waals surface area contributed by atoms with Crippen LogP contribution in [0.15, 0.2) is 24.3 Å². The molecule has 1 aromatic carbocycles. The van der Waals surface area contributed by atoms with Crippen LogP contribution in [-0.4, -0.2) is 61.6 Å². The molecule has 0 amide bonds. The van der Waals surface area contributed by atoms with E-state index in [2.05, 4.69) is 0 Å². The molecular weight excluding hydrogens is 306 g/mol. The molecule has 2 N–H and O–H groups in total. The maximum atomic E-state index is 12.0. The second-order valence-electron chi connectivity index (χ2n) is 5.68. The number of rotatable bonds is 5. The van der Waals surface area contributed by atoms with Crippen LogP contribution < -0.4 is 4.74 Å². The first-order valence-electron chi connectivity index (χ1n) is 7.25. The molecule has 22 heavy (non-hydrogen) atoms. The highest BCUT2D eigenvalue weighted by Gasteiger charge is 2.41. The zero-order valence-corrected chi connectivity index (χ0v) is 13.7. The van der Waals surface area contributed by atoms with Crippen molar-refractivity contribution in [3.05, 3.63) is 29.8 Å². The van der Waals surface area contributed by atoms with Crippen molar-refractivity contribution in [3.8, 4) is 5.75 Å². The summed E-state index contributed by atoms with van der Waals surface area (Å²) in [6.07, 6.45) is 2.11. The van der Waals surface area contributed by atoms with Crippen LogP contribution in [0.4, 0.5) is 0 Å². The van der Waals surface area contributed by atoms with Gasteiger partial charge in [-0.15, -0.1) is 0 Å². The van der Waals surface area contributed by atoms with Crippen LogP contribution in [0.5, 0.6) is 5.75 Å². The van der Waals surface area contributed by atoms with Crippen molar-refractivity contribution in [2.24, 2.45) is 0 Å². The summed E-state index contributed by atoms with van der Waals surface area (Å²) < 4.78 is 30.6. The molecule has 2 atom stereocenters. The summed E-state index contributed by atoms with van der Waals surface area (Å²) >= 11 is 0. The van der Waals surface area contributed by atoms with Crippen molar-refractivity contribution in [1.29, 1.82) is 0 Å². The van der Waals surface area contributed by atoms with E-state index in [1.165, 1.54) is 4.31 Å². The Balaban J connectivity index is 2.35. The highest BCUT2D eigenvalue weighted by molar-refractivity contribution is 7.88. The minimum absolute atomic E-state index is 0.0310. The zero-order valence-electron chi connectivity index (χ0n) is 12.8. The molecule has 0 aromatic heterocycles. The highest BCUT2D eigenvalue weighted by atomic mass is 32.2. The van der Waals surface area contributed by atoms with Crippen molar-refractivity contribution >= 4 is 10.0 Å². The van der Waals surface area contributed by atoms with Crippen molar-refractivity contribution in [2.45, 2.75) is 30.8 Å². The van der Waals surface area contributed by atoms with E-state index in [9.17, 15) is 18.6 Å². The van der Waals surface area contributed by atoms with Gasteiger partial charge in [0.25, 0.3) is 0 Å². The third kappa shape index (κ3) is 3.43. The van der Waals surface area contributed by atoms with Crippen molar-refractivity contribution < 1.29 is 23.4 Å². The molecule has 1 saturated heterocycles. The smallest absolute Gasteiger partial charge is 0.211 e. The monoisotopic (exact) mass is 329 g/mol. The Morgan fingerprint density at radius 3 is 2.18 bits per heavy atom. The SMILES string of the molecule is COc1ccccc1C1CC(CO)N(S(C)(=O)=O)C(CO)C1. The zero-order chi connectivity index (χ0) is 16.3. The number of nitrogens with zero attached hydrogens (tertiary/aromatic N) is 1. The molecule has 124 valence electrons. The Morgan fingerprint density at radius 2 is 1.73 bits per heavy atom.